The fourth-order valence-electron chi connectivity index (χ4n) is 1.57. The molecule has 0 aliphatic rings. The molecule has 0 aliphatic heterocycles. The van der Waals surface area contributed by atoms with Gasteiger partial charge < -0.3 is 9.72 Å². The second-order valence-corrected chi connectivity index (χ2v) is 6.51. The molecule has 7 nitrogen and oxygen atoms in total. The minimum Gasteiger partial charge on any atom is -0.495 e. The number of sulfonamides is 1. The van der Waals surface area contributed by atoms with Crippen LogP contribution in [0.15, 0.2) is 45.9 Å². The summed E-state index contributed by atoms with van der Waals surface area (Å²) >= 11 is 3.19. The molecule has 0 bridgehead atoms. The predicted octanol–water partition coefficient (Wildman–Crippen LogP) is 1.41. The van der Waals surface area contributed by atoms with Crippen LogP contribution in [0.5, 0.6) is 5.75 Å². The molecule has 1 amide bonds. The summed E-state index contributed by atoms with van der Waals surface area (Å²) in [6.07, 6.45) is 1.56. The van der Waals surface area contributed by atoms with E-state index in [2.05, 4.69) is 26.3 Å². The Morgan fingerprint density at radius 3 is 2.71 bits per heavy atom. The molecule has 2 aromatic rings. The molecule has 0 aliphatic carbocycles. The first-order chi connectivity index (χ1) is 9.94. The van der Waals surface area contributed by atoms with Crippen molar-refractivity contribution < 1.29 is 17.9 Å². The van der Waals surface area contributed by atoms with Crippen molar-refractivity contribution in [2.24, 2.45) is 0 Å². The average molecular weight is 374 g/mol. The van der Waals surface area contributed by atoms with Gasteiger partial charge in [0.05, 0.1) is 7.11 Å². The van der Waals surface area contributed by atoms with Crippen molar-refractivity contribution in [3.05, 3.63) is 46.7 Å². The van der Waals surface area contributed by atoms with Crippen LogP contribution >= 0.6 is 15.9 Å². The number of benzene rings is 1. The fourth-order valence-corrected chi connectivity index (χ4v) is 3.12. The Morgan fingerprint density at radius 1 is 1.33 bits per heavy atom. The molecule has 9 heteroatoms. The third-order valence-corrected chi connectivity index (χ3v) is 4.32. The largest absolute Gasteiger partial charge is 0.495 e. The average Bonchev–Trinajstić information content (AvgIpc) is 2.99. The van der Waals surface area contributed by atoms with Crippen LogP contribution in [0, 0.1) is 0 Å². The van der Waals surface area contributed by atoms with Gasteiger partial charge in [-0.1, -0.05) is 15.9 Å². The summed E-state index contributed by atoms with van der Waals surface area (Å²) in [7, 11) is -2.60. The number of carbonyl (C=O) groups excluding carboxylic acids is 1. The fraction of sp³-hybridized carbons (Fsp3) is 0.0833. The molecule has 1 aromatic carbocycles. The number of hydrogen-bond donors (Lipinski definition) is 3. The van der Waals surface area contributed by atoms with Crippen molar-refractivity contribution in [1.82, 2.24) is 15.2 Å². The first kappa shape index (κ1) is 15.5. The molecule has 0 spiro atoms. The van der Waals surface area contributed by atoms with E-state index >= 15 is 0 Å². The van der Waals surface area contributed by atoms with Crippen molar-refractivity contribution in [3.8, 4) is 5.75 Å². The van der Waals surface area contributed by atoms with Crippen LogP contribution in [0.3, 0.4) is 0 Å². The second-order valence-electron chi connectivity index (χ2n) is 3.94. The lowest BCUT2D eigenvalue weighted by Crippen LogP contribution is -2.41. The molecule has 3 N–H and O–H groups in total. The molecule has 1 aromatic heterocycles. The van der Waals surface area contributed by atoms with E-state index < -0.39 is 15.9 Å². The van der Waals surface area contributed by atoms with E-state index in [1.807, 2.05) is 4.83 Å². The molecule has 0 saturated carbocycles. The number of ether oxygens (including phenoxy) is 1. The summed E-state index contributed by atoms with van der Waals surface area (Å²) in [6, 6.07) is 7.67. The molecule has 21 heavy (non-hydrogen) atoms. The monoisotopic (exact) mass is 373 g/mol. The summed E-state index contributed by atoms with van der Waals surface area (Å²) in [5, 5.41) is 0. The number of nitrogens with one attached hydrogen (secondary N) is 3. The van der Waals surface area contributed by atoms with Crippen LogP contribution in [0.1, 0.15) is 10.5 Å². The van der Waals surface area contributed by atoms with Crippen LogP contribution in [0.2, 0.25) is 0 Å². The number of amides is 1. The van der Waals surface area contributed by atoms with E-state index in [-0.39, 0.29) is 16.3 Å². The van der Waals surface area contributed by atoms with Gasteiger partial charge in [0.1, 0.15) is 16.3 Å². The summed E-state index contributed by atoms with van der Waals surface area (Å²) in [5.41, 5.74) is 2.35. The van der Waals surface area contributed by atoms with Crippen molar-refractivity contribution in [2.45, 2.75) is 4.90 Å². The molecule has 2 rings (SSSR count). The van der Waals surface area contributed by atoms with E-state index in [9.17, 15) is 13.2 Å². The normalized spacial score (nSPS) is 11.1. The van der Waals surface area contributed by atoms with Gasteiger partial charge >= 0.3 is 0 Å². The Bertz CT molecular complexity index is 744. The Labute approximate surface area is 129 Å². The van der Waals surface area contributed by atoms with Gasteiger partial charge in [-0.25, -0.2) is 8.42 Å². The molecule has 0 unspecified atom stereocenters. The maximum Gasteiger partial charge on any atom is 0.282 e. The van der Waals surface area contributed by atoms with Gasteiger partial charge in [-0.15, -0.1) is 4.83 Å². The topological polar surface area (TPSA) is 100 Å². The highest BCUT2D eigenvalue weighted by atomic mass is 79.9. The first-order valence-electron chi connectivity index (χ1n) is 5.73. The molecule has 0 atom stereocenters. The molecular weight excluding hydrogens is 362 g/mol. The predicted molar refractivity (Wildman–Crippen MR) is 79.3 cm³/mol. The van der Waals surface area contributed by atoms with Crippen LogP contribution < -0.4 is 15.0 Å². The van der Waals surface area contributed by atoms with Gasteiger partial charge in [-0.2, -0.15) is 0 Å². The number of halogens is 1. The van der Waals surface area contributed by atoms with E-state index in [0.29, 0.717) is 4.47 Å². The van der Waals surface area contributed by atoms with E-state index in [1.54, 1.807) is 18.3 Å². The molecule has 0 fully saturated rings. The second kappa shape index (κ2) is 6.29. The summed E-state index contributed by atoms with van der Waals surface area (Å²) in [4.78, 5) is 16.3. The molecule has 112 valence electrons. The lowest BCUT2D eigenvalue weighted by atomic mass is 10.3. The Hall–Kier alpha value is -1.84. The van der Waals surface area contributed by atoms with Crippen LogP contribution in [0.25, 0.3) is 0 Å². The highest BCUT2D eigenvalue weighted by Gasteiger charge is 2.21. The van der Waals surface area contributed by atoms with Crippen molar-refractivity contribution in [2.75, 3.05) is 7.11 Å². The van der Waals surface area contributed by atoms with Gasteiger partial charge in [-0.3, -0.25) is 10.2 Å². The molecule has 1 heterocycles. The van der Waals surface area contributed by atoms with Crippen LogP contribution in [-0.2, 0) is 10.0 Å². The zero-order chi connectivity index (χ0) is 15.5. The van der Waals surface area contributed by atoms with Gasteiger partial charge in [0.25, 0.3) is 15.9 Å². The minimum absolute atomic E-state index is 0.0915. The number of H-pyrrole nitrogens is 1. The SMILES string of the molecule is COc1ccc(Br)cc1S(=O)(=O)NNC(=O)c1ccc[nH]1. The Morgan fingerprint density at radius 2 is 2.10 bits per heavy atom. The number of methoxy groups -OCH3 is 1. The number of aromatic amines is 1. The number of hydrazine groups is 1. The smallest absolute Gasteiger partial charge is 0.282 e. The zero-order valence-corrected chi connectivity index (χ0v) is 13.3. The maximum absolute atomic E-state index is 12.2. The molecule has 0 saturated heterocycles. The summed E-state index contributed by atoms with van der Waals surface area (Å²) in [6.45, 7) is 0. The van der Waals surface area contributed by atoms with E-state index in [4.69, 9.17) is 4.74 Å². The summed E-state index contributed by atoms with van der Waals surface area (Å²) in [5.74, 6) is -0.433. The molecular formula is C12H12BrN3O4S. The lowest BCUT2D eigenvalue weighted by Gasteiger charge is -2.11. The lowest BCUT2D eigenvalue weighted by molar-refractivity contribution is 0.0940. The maximum atomic E-state index is 12.2. The van der Waals surface area contributed by atoms with Gasteiger partial charge in [0.2, 0.25) is 0 Å². The number of aromatic nitrogens is 1. The Kier molecular flexibility index (Phi) is 4.66. The van der Waals surface area contributed by atoms with Crippen LogP contribution in [0.4, 0.5) is 0 Å². The number of hydrogen-bond acceptors (Lipinski definition) is 4. The number of carbonyl (C=O) groups is 1. The van der Waals surface area contributed by atoms with Crippen molar-refractivity contribution in [3.63, 3.8) is 0 Å². The quantitative estimate of drug-likeness (QED) is 0.689. The van der Waals surface area contributed by atoms with Gasteiger partial charge in [0, 0.05) is 10.7 Å². The standard InChI is InChI=1S/C12H12BrN3O4S/c1-20-10-5-4-8(13)7-11(10)21(18,19)16-15-12(17)9-3-2-6-14-9/h2-7,14,16H,1H3,(H,15,17). The third kappa shape index (κ3) is 3.63. The van der Waals surface area contributed by atoms with Gasteiger partial charge in [-0.05, 0) is 30.3 Å². The highest BCUT2D eigenvalue weighted by Crippen LogP contribution is 2.26. The molecule has 0 radical (unpaired) electrons. The third-order valence-electron chi connectivity index (χ3n) is 2.56. The van der Waals surface area contributed by atoms with Gasteiger partial charge in [0.15, 0.2) is 0 Å². The number of rotatable bonds is 5. The van der Waals surface area contributed by atoms with E-state index in [0.717, 1.165) is 0 Å². The van der Waals surface area contributed by atoms with E-state index in [1.165, 1.54) is 25.3 Å². The Balaban J connectivity index is 2.19. The van der Waals surface area contributed by atoms with Crippen LogP contribution in [-0.4, -0.2) is 26.4 Å². The first-order valence-corrected chi connectivity index (χ1v) is 8.01. The summed E-state index contributed by atoms with van der Waals surface area (Å²) < 4.78 is 30.0. The highest BCUT2D eigenvalue weighted by molar-refractivity contribution is 9.10. The minimum atomic E-state index is -3.96. The van der Waals surface area contributed by atoms with Crippen molar-refractivity contribution in [1.29, 1.82) is 0 Å². The zero-order valence-electron chi connectivity index (χ0n) is 10.9. The van der Waals surface area contributed by atoms with Crippen molar-refractivity contribution >= 4 is 31.9 Å².